The SMILES string of the molecule is COc1ccc2oc(COc3ccc4cccc(C5CCN(C)CC5)c4c3)nc2c1. The van der Waals surface area contributed by atoms with Crippen molar-refractivity contribution >= 4 is 21.9 Å². The fourth-order valence-electron chi connectivity index (χ4n) is 4.33. The molecule has 1 aliphatic rings. The first-order valence-electron chi connectivity index (χ1n) is 10.5. The van der Waals surface area contributed by atoms with Gasteiger partial charge in [-0.05, 0) is 79.5 Å². The first kappa shape index (κ1) is 18.9. The fraction of sp³-hybridized carbons (Fsp3) is 0.320. The zero-order valence-corrected chi connectivity index (χ0v) is 17.4. The van der Waals surface area contributed by atoms with E-state index in [0.717, 1.165) is 35.7 Å². The van der Waals surface area contributed by atoms with Crippen molar-refractivity contribution in [3.05, 3.63) is 66.1 Å². The molecule has 30 heavy (non-hydrogen) atoms. The van der Waals surface area contributed by atoms with Crippen LogP contribution in [0.25, 0.3) is 21.9 Å². The van der Waals surface area contributed by atoms with E-state index < -0.39 is 0 Å². The first-order valence-corrected chi connectivity index (χ1v) is 10.5. The molecule has 4 aromatic rings. The molecule has 5 nitrogen and oxygen atoms in total. The Hall–Kier alpha value is -3.05. The van der Waals surface area contributed by atoms with Crippen LogP contribution in [-0.2, 0) is 6.61 Å². The number of oxazole rings is 1. The summed E-state index contributed by atoms with van der Waals surface area (Å²) in [6, 6.07) is 18.5. The average Bonchev–Trinajstić information content (AvgIpc) is 3.20. The third kappa shape index (κ3) is 3.73. The highest BCUT2D eigenvalue weighted by atomic mass is 16.5. The Morgan fingerprint density at radius 2 is 1.87 bits per heavy atom. The topological polar surface area (TPSA) is 47.7 Å². The van der Waals surface area contributed by atoms with Crippen LogP contribution in [0.15, 0.2) is 59.0 Å². The maximum Gasteiger partial charge on any atom is 0.233 e. The third-order valence-electron chi connectivity index (χ3n) is 6.05. The smallest absolute Gasteiger partial charge is 0.233 e. The van der Waals surface area contributed by atoms with E-state index in [-0.39, 0.29) is 0 Å². The van der Waals surface area contributed by atoms with Crippen LogP contribution in [0, 0.1) is 0 Å². The lowest BCUT2D eigenvalue weighted by atomic mass is 9.86. The summed E-state index contributed by atoms with van der Waals surface area (Å²) in [7, 11) is 3.85. The van der Waals surface area contributed by atoms with Crippen LogP contribution in [0.1, 0.15) is 30.2 Å². The fourth-order valence-corrected chi connectivity index (χ4v) is 4.33. The molecule has 2 heterocycles. The quantitative estimate of drug-likeness (QED) is 0.449. The molecule has 0 amide bonds. The van der Waals surface area contributed by atoms with Gasteiger partial charge in [0.05, 0.1) is 7.11 Å². The van der Waals surface area contributed by atoms with E-state index in [1.54, 1.807) is 7.11 Å². The minimum atomic E-state index is 0.291. The molecule has 0 radical (unpaired) electrons. The van der Waals surface area contributed by atoms with Crippen molar-refractivity contribution in [2.24, 2.45) is 0 Å². The predicted molar refractivity (Wildman–Crippen MR) is 118 cm³/mol. The summed E-state index contributed by atoms with van der Waals surface area (Å²) in [6.07, 6.45) is 2.40. The van der Waals surface area contributed by atoms with Gasteiger partial charge in [-0.25, -0.2) is 4.98 Å². The number of aromatic nitrogens is 1. The second-order valence-electron chi connectivity index (χ2n) is 8.04. The van der Waals surface area contributed by atoms with Crippen LogP contribution < -0.4 is 9.47 Å². The van der Waals surface area contributed by atoms with Gasteiger partial charge >= 0.3 is 0 Å². The maximum atomic E-state index is 6.05. The molecular weight excluding hydrogens is 376 g/mol. The summed E-state index contributed by atoms with van der Waals surface area (Å²) in [5.41, 5.74) is 2.94. The lowest BCUT2D eigenvalue weighted by Gasteiger charge is -2.30. The van der Waals surface area contributed by atoms with Crippen molar-refractivity contribution in [1.29, 1.82) is 0 Å². The second-order valence-corrected chi connectivity index (χ2v) is 8.04. The average molecular weight is 402 g/mol. The van der Waals surface area contributed by atoms with Crippen molar-refractivity contribution in [3.8, 4) is 11.5 Å². The number of piperidine rings is 1. The van der Waals surface area contributed by atoms with E-state index in [0.29, 0.717) is 18.4 Å². The molecule has 0 N–H and O–H groups in total. The number of benzene rings is 3. The first-order chi connectivity index (χ1) is 14.7. The molecule has 0 saturated carbocycles. The number of rotatable bonds is 5. The summed E-state index contributed by atoms with van der Waals surface area (Å²) in [4.78, 5) is 6.93. The zero-order valence-electron chi connectivity index (χ0n) is 17.4. The Balaban J connectivity index is 1.37. The van der Waals surface area contributed by atoms with Crippen molar-refractivity contribution in [2.45, 2.75) is 25.4 Å². The van der Waals surface area contributed by atoms with Gasteiger partial charge in [-0.3, -0.25) is 0 Å². The van der Waals surface area contributed by atoms with Crippen LogP contribution in [0.2, 0.25) is 0 Å². The molecule has 0 unspecified atom stereocenters. The van der Waals surface area contributed by atoms with Crippen molar-refractivity contribution in [1.82, 2.24) is 9.88 Å². The Morgan fingerprint density at radius 1 is 1.03 bits per heavy atom. The highest BCUT2D eigenvalue weighted by molar-refractivity contribution is 5.87. The second kappa shape index (κ2) is 8.00. The van der Waals surface area contributed by atoms with Gasteiger partial charge in [-0.2, -0.15) is 0 Å². The number of methoxy groups -OCH3 is 1. The molecule has 5 heteroatoms. The van der Waals surface area contributed by atoms with Gasteiger partial charge in [0.15, 0.2) is 12.2 Å². The number of likely N-dealkylation sites (tertiary alicyclic amines) is 1. The Kier molecular flexibility index (Phi) is 5.05. The van der Waals surface area contributed by atoms with Crippen molar-refractivity contribution < 1.29 is 13.9 Å². The van der Waals surface area contributed by atoms with E-state index in [1.807, 2.05) is 24.3 Å². The van der Waals surface area contributed by atoms with E-state index in [4.69, 9.17) is 13.9 Å². The maximum absolute atomic E-state index is 6.05. The standard InChI is InChI=1S/C25H26N2O3/c1-27-12-10-18(11-13-27)21-5-3-4-17-6-7-20(14-22(17)21)29-16-25-26-23-15-19(28-2)8-9-24(23)30-25/h3-9,14-15,18H,10-13,16H2,1-2H3. The molecule has 1 fully saturated rings. The molecule has 1 saturated heterocycles. The zero-order chi connectivity index (χ0) is 20.5. The van der Waals surface area contributed by atoms with E-state index >= 15 is 0 Å². The molecule has 3 aromatic carbocycles. The van der Waals surface area contributed by atoms with Gasteiger partial charge < -0.3 is 18.8 Å². The molecule has 0 atom stereocenters. The molecule has 1 aliphatic heterocycles. The van der Waals surface area contributed by atoms with Gasteiger partial charge in [0.2, 0.25) is 5.89 Å². The van der Waals surface area contributed by atoms with Crippen LogP contribution >= 0.6 is 0 Å². The summed E-state index contributed by atoms with van der Waals surface area (Å²) in [5.74, 6) is 2.76. The minimum Gasteiger partial charge on any atom is -0.497 e. The Labute approximate surface area is 176 Å². The van der Waals surface area contributed by atoms with Gasteiger partial charge in [0.1, 0.15) is 17.0 Å². The lowest BCUT2D eigenvalue weighted by molar-refractivity contribution is 0.256. The number of fused-ring (bicyclic) bond motifs is 2. The van der Waals surface area contributed by atoms with Crippen LogP contribution in [0.3, 0.4) is 0 Å². The molecule has 154 valence electrons. The van der Waals surface area contributed by atoms with Crippen LogP contribution in [-0.4, -0.2) is 37.1 Å². The van der Waals surface area contributed by atoms with Gasteiger partial charge in [-0.15, -0.1) is 0 Å². The van der Waals surface area contributed by atoms with E-state index in [2.05, 4.69) is 47.3 Å². The van der Waals surface area contributed by atoms with E-state index in [1.165, 1.54) is 29.2 Å². The monoisotopic (exact) mass is 402 g/mol. The summed E-state index contributed by atoms with van der Waals surface area (Å²) in [5, 5.41) is 2.54. The largest absolute Gasteiger partial charge is 0.497 e. The predicted octanol–water partition coefficient (Wildman–Crippen LogP) is 5.38. The minimum absolute atomic E-state index is 0.291. The summed E-state index contributed by atoms with van der Waals surface area (Å²) >= 11 is 0. The number of hydrogen-bond acceptors (Lipinski definition) is 5. The van der Waals surface area contributed by atoms with Crippen molar-refractivity contribution in [2.75, 3.05) is 27.2 Å². The van der Waals surface area contributed by atoms with Gasteiger partial charge in [0, 0.05) is 6.07 Å². The molecular formula is C25H26N2O3. The molecule has 0 spiro atoms. The Bertz CT molecular complexity index is 1180. The Morgan fingerprint density at radius 3 is 2.70 bits per heavy atom. The molecule has 5 rings (SSSR count). The molecule has 0 bridgehead atoms. The number of hydrogen-bond donors (Lipinski definition) is 0. The van der Waals surface area contributed by atoms with Gasteiger partial charge in [-0.1, -0.05) is 24.3 Å². The van der Waals surface area contributed by atoms with Crippen LogP contribution in [0.5, 0.6) is 11.5 Å². The normalized spacial score (nSPS) is 15.7. The number of ether oxygens (including phenoxy) is 2. The third-order valence-corrected chi connectivity index (χ3v) is 6.05. The summed E-state index contributed by atoms with van der Waals surface area (Å²) < 4.78 is 17.1. The number of nitrogens with zero attached hydrogens (tertiary/aromatic N) is 2. The molecule has 0 aliphatic carbocycles. The summed E-state index contributed by atoms with van der Waals surface area (Å²) in [6.45, 7) is 2.60. The highest BCUT2D eigenvalue weighted by Crippen LogP contribution is 2.34. The molecule has 1 aromatic heterocycles. The van der Waals surface area contributed by atoms with Crippen molar-refractivity contribution in [3.63, 3.8) is 0 Å². The highest BCUT2D eigenvalue weighted by Gasteiger charge is 2.20. The van der Waals surface area contributed by atoms with E-state index in [9.17, 15) is 0 Å². The van der Waals surface area contributed by atoms with Crippen LogP contribution in [0.4, 0.5) is 0 Å². The van der Waals surface area contributed by atoms with Gasteiger partial charge in [0.25, 0.3) is 0 Å². The lowest BCUT2D eigenvalue weighted by Crippen LogP contribution is -2.29.